The van der Waals surface area contributed by atoms with Crippen LogP contribution in [0, 0.1) is 5.92 Å². The number of nitrogens with two attached hydrogens (primary N) is 1. The summed E-state index contributed by atoms with van der Waals surface area (Å²) >= 11 is 0. The van der Waals surface area contributed by atoms with E-state index in [4.69, 9.17) is 5.73 Å². The maximum absolute atomic E-state index is 12.7. The summed E-state index contributed by atoms with van der Waals surface area (Å²) in [5.41, 5.74) is 7.65. The van der Waals surface area contributed by atoms with Crippen LogP contribution in [-0.2, 0) is 20.6 Å². The van der Waals surface area contributed by atoms with Gasteiger partial charge in [0.2, 0.25) is 15.9 Å². The average molecular weight is 373 g/mol. The van der Waals surface area contributed by atoms with E-state index in [9.17, 15) is 13.2 Å². The summed E-state index contributed by atoms with van der Waals surface area (Å²) in [5.74, 6) is -0.621. The van der Waals surface area contributed by atoms with Crippen LogP contribution >= 0.6 is 0 Å². The van der Waals surface area contributed by atoms with Gasteiger partial charge in [-0.15, -0.1) is 0 Å². The number of carbonyl (C=O) groups is 1. The molecular formula is C19H23N3O3S. The van der Waals surface area contributed by atoms with Gasteiger partial charge in [0.05, 0.1) is 23.0 Å². The van der Waals surface area contributed by atoms with Gasteiger partial charge in [0, 0.05) is 13.1 Å². The van der Waals surface area contributed by atoms with Crippen LogP contribution in [0.4, 0.5) is 11.4 Å². The number of carbonyl (C=O) groups excluding carboxylic acids is 1. The molecule has 1 heterocycles. The zero-order valence-corrected chi connectivity index (χ0v) is 15.3. The monoisotopic (exact) mass is 373 g/mol. The molecule has 1 aliphatic heterocycles. The summed E-state index contributed by atoms with van der Waals surface area (Å²) in [6.07, 6.45) is 1.33. The fraction of sp³-hybridized carbons (Fsp3) is 0.316. The first kappa shape index (κ1) is 18.4. The second-order valence-corrected chi connectivity index (χ2v) is 8.48. The number of sulfonamides is 1. The normalized spacial score (nSPS) is 18.4. The number of para-hydroxylation sites is 2. The van der Waals surface area contributed by atoms with Gasteiger partial charge in [-0.05, 0) is 30.5 Å². The maximum atomic E-state index is 12.7. The van der Waals surface area contributed by atoms with Gasteiger partial charge in [0.15, 0.2) is 0 Å². The van der Waals surface area contributed by atoms with Crippen LogP contribution in [0.25, 0.3) is 0 Å². The first-order valence-corrected chi connectivity index (χ1v) is 10.2. The van der Waals surface area contributed by atoms with Crippen molar-refractivity contribution < 1.29 is 13.2 Å². The lowest BCUT2D eigenvalue weighted by Crippen LogP contribution is -2.44. The van der Waals surface area contributed by atoms with E-state index in [0.29, 0.717) is 30.8 Å². The second kappa shape index (κ2) is 7.88. The van der Waals surface area contributed by atoms with Crippen molar-refractivity contribution >= 4 is 27.3 Å². The van der Waals surface area contributed by atoms with E-state index in [0.717, 1.165) is 5.56 Å². The number of nitrogen functional groups attached to an aromatic ring is 1. The highest BCUT2D eigenvalue weighted by Crippen LogP contribution is 2.24. The third-order valence-electron chi connectivity index (χ3n) is 4.56. The Labute approximate surface area is 154 Å². The molecule has 1 saturated heterocycles. The molecule has 0 bridgehead atoms. The van der Waals surface area contributed by atoms with Crippen LogP contribution in [0.5, 0.6) is 0 Å². The van der Waals surface area contributed by atoms with Crippen molar-refractivity contribution in [2.75, 3.05) is 24.1 Å². The predicted octanol–water partition coefficient (Wildman–Crippen LogP) is 2.45. The van der Waals surface area contributed by atoms with Crippen molar-refractivity contribution in [3.63, 3.8) is 0 Å². The Morgan fingerprint density at radius 1 is 1.12 bits per heavy atom. The molecule has 2 aromatic carbocycles. The van der Waals surface area contributed by atoms with E-state index in [2.05, 4.69) is 5.32 Å². The fourth-order valence-corrected chi connectivity index (χ4v) is 4.74. The van der Waals surface area contributed by atoms with Crippen molar-refractivity contribution in [3.05, 3.63) is 60.2 Å². The fourth-order valence-electron chi connectivity index (χ4n) is 3.13. The molecule has 2 aromatic rings. The number of piperidine rings is 1. The number of nitrogens with one attached hydrogen (secondary N) is 1. The first-order chi connectivity index (χ1) is 12.5. The summed E-state index contributed by atoms with van der Waals surface area (Å²) in [5, 5.41) is 2.82. The smallest absolute Gasteiger partial charge is 0.228 e. The Morgan fingerprint density at radius 2 is 1.81 bits per heavy atom. The Bertz CT molecular complexity index is 869. The van der Waals surface area contributed by atoms with Gasteiger partial charge >= 0.3 is 0 Å². The highest BCUT2D eigenvalue weighted by atomic mass is 32.2. The van der Waals surface area contributed by atoms with Crippen LogP contribution in [0.15, 0.2) is 54.6 Å². The van der Waals surface area contributed by atoms with Crippen LogP contribution in [-0.4, -0.2) is 31.7 Å². The van der Waals surface area contributed by atoms with Gasteiger partial charge in [-0.2, -0.15) is 0 Å². The van der Waals surface area contributed by atoms with Gasteiger partial charge in [0.25, 0.3) is 0 Å². The molecule has 1 unspecified atom stereocenters. The molecule has 26 heavy (non-hydrogen) atoms. The largest absolute Gasteiger partial charge is 0.397 e. The Hall–Kier alpha value is -2.38. The highest BCUT2D eigenvalue weighted by molar-refractivity contribution is 7.88. The van der Waals surface area contributed by atoms with E-state index in [1.165, 1.54) is 4.31 Å². The summed E-state index contributed by atoms with van der Waals surface area (Å²) in [6.45, 7) is 0.653. The number of hydrogen-bond donors (Lipinski definition) is 2. The molecule has 1 amide bonds. The Kier molecular flexibility index (Phi) is 5.58. The van der Waals surface area contributed by atoms with Crippen LogP contribution in [0.3, 0.4) is 0 Å². The zero-order valence-electron chi connectivity index (χ0n) is 14.5. The quantitative estimate of drug-likeness (QED) is 0.788. The van der Waals surface area contributed by atoms with Crippen LogP contribution in [0.2, 0.25) is 0 Å². The second-order valence-electron chi connectivity index (χ2n) is 6.52. The third kappa shape index (κ3) is 4.42. The van der Waals surface area contributed by atoms with Gasteiger partial charge in [-0.1, -0.05) is 42.5 Å². The Morgan fingerprint density at radius 3 is 2.54 bits per heavy atom. The zero-order chi connectivity index (χ0) is 18.6. The number of nitrogens with zero attached hydrogens (tertiary/aromatic N) is 1. The van der Waals surface area contributed by atoms with E-state index in [1.54, 1.807) is 36.4 Å². The van der Waals surface area contributed by atoms with Gasteiger partial charge < -0.3 is 11.1 Å². The van der Waals surface area contributed by atoms with Crippen molar-refractivity contribution in [1.82, 2.24) is 4.31 Å². The minimum atomic E-state index is -3.46. The lowest BCUT2D eigenvalue weighted by atomic mass is 9.98. The van der Waals surface area contributed by atoms with Crippen LogP contribution < -0.4 is 11.1 Å². The minimum absolute atomic E-state index is 0.0478. The van der Waals surface area contributed by atoms with Gasteiger partial charge in [-0.25, -0.2) is 12.7 Å². The number of benzene rings is 2. The van der Waals surface area contributed by atoms with Crippen LogP contribution in [0.1, 0.15) is 18.4 Å². The van der Waals surface area contributed by atoms with Gasteiger partial charge in [-0.3, -0.25) is 4.79 Å². The molecule has 0 aromatic heterocycles. The van der Waals surface area contributed by atoms with E-state index >= 15 is 0 Å². The molecule has 7 heteroatoms. The highest BCUT2D eigenvalue weighted by Gasteiger charge is 2.32. The van der Waals surface area contributed by atoms with Crippen molar-refractivity contribution in [2.24, 2.45) is 5.92 Å². The molecule has 3 N–H and O–H groups in total. The average Bonchev–Trinajstić information content (AvgIpc) is 2.64. The standard InChI is InChI=1S/C19H23N3O3S/c20-17-10-4-5-11-18(17)21-19(23)16-9-6-12-22(13-16)26(24,25)14-15-7-2-1-3-8-15/h1-5,7-8,10-11,16H,6,9,12-14,20H2,(H,21,23). The molecule has 1 fully saturated rings. The van der Waals surface area contributed by atoms with E-state index in [-0.39, 0.29) is 24.1 Å². The van der Waals surface area contributed by atoms with Crippen molar-refractivity contribution in [1.29, 1.82) is 0 Å². The summed E-state index contributed by atoms with van der Waals surface area (Å²) in [6, 6.07) is 16.1. The van der Waals surface area contributed by atoms with Crippen molar-refractivity contribution in [3.8, 4) is 0 Å². The number of anilines is 2. The minimum Gasteiger partial charge on any atom is -0.397 e. The van der Waals surface area contributed by atoms with E-state index < -0.39 is 10.0 Å². The molecular weight excluding hydrogens is 350 g/mol. The molecule has 0 aliphatic carbocycles. The Balaban J connectivity index is 1.67. The van der Waals surface area contributed by atoms with E-state index in [1.807, 2.05) is 18.2 Å². The number of amides is 1. The summed E-state index contributed by atoms with van der Waals surface area (Å²) < 4.78 is 26.9. The molecule has 6 nitrogen and oxygen atoms in total. The maximum Gasteiger partial charge on any atom is 0.228 e. The van der Waals surface area contributed by atoms with Gasteiger partial charge in [0.1, 0.15) is 0 Å². The first-order valence-electron chi connectivity index (χ1n) is 8.63. The SMILES string of the molecule is Nc1ccccc1NC(=O)C1CCCN(S(=O)(=O)Cc2ccccc2)C1. The summed E-state index contributed by atoms with van der Waals surface area (Å²) in [4.78, 5) is 12.6. The molecule has 3 rings (SSSR count). The molecule has 1 aliphatic rings. The molecule has 0 saturated carbocycles. The topological polar surface area (TPSA) is 92.5 Å². The van der Waals surface area contributed by atoms with Crippen molar-refractivity contribution in [2.45, 2.75) is 18.6 Å². The number of hydrogen-bond acceptors (Lipinski definition) is 4. The molecule has 0 radical (unpaired) electrons. The molecule has 138 valence electrons. The number of rotatable bonds is 5. The molecule has 1 atom stereocenters. The third-order valence-corrected chi connectivity index (χ3v) is 6.38. The lowest BCUT2D eigenvalue weighted by Gasteiger charge is -2.31. The summed E-state index contributed by atoms with van der Waals surface area (Å²) in [7, 11) is -3.46. The predicted molar refractivity (Wildman–Crippen MR) is 103 cm³/mol. The lowest BCUT2D eigenvalue weighted by molar-refractivity contribution is -0.120. The molecule has 0 spiro atoms.